The standard InChI is InChI=1S/C18H20N2O4S/c1-23-14-6-8-15(9-7-14)25(21,22)20-12-10-18(19-11-13-24-18)16-4-2-3-5-17(16)20/h2-9,19H,10-13H2,1H3. The molecule has 2 aromatic rings. The summed E-state index contributed by atoms with van der Waals surface area (Å²) < 4.78 is 38.9. The highest BCUT2D eigenvalue weighted by Gasteiger charge is 2.45. The topological polar surface area (TPSA) is 67.9 Å². The molecule has 6 nitrogen and oxygen atoms in total. The minimum absolute atomic E-state index is 0.249. The van der Waals surface area contributed by atoms with E-state index < -0.39 is 15.7 Å². The smallest absolute Gasteiger partial charge is 0.264 e. The van der Waals surface area contributed by atoms with Gasteiger partial charge in [0.25, 0.3) is 10.0 Å². The van der Waals surface area contributed by atoms with Crippen molar-refractivity contribution in [1.29, 1.82) is 0 Å². The van der Waals surface area contributed by atoms with E-state index in [1.165, 1.54) is 4.31 Å². The Morgan fingerprint density at radius 2 is 1.92 bits per heavy atom. The zero-order valence-electron chi connectivity index (χ0n) is 13.9. The molecule has 1 atom stereocenters. The van der Waals surface area contributed by atoms with E-state index in [-0.39, 0.29) is 4.90 Å². The van der Waals surface area contributed by atoms with Crippen molar-refractivity contribution in [3.63, 3.8) is 0 Å². The number of nitrogens with zero attached hydrogens (tertiary/aromatic N) is 1. The molecule has 132 valence electrons. The van der Waals surface area contributed by atoms with Gasteiger partial charge in [0.05, 0.1) is 24.3 Å². The zero-order valence-corrected chi connectivity index (χ0v) is 14.8. The summed E-state index contributed by atoms with van der Waals surface area (Å²) in [7, 11) is -2.10. The summed E-state index contributed by atoms with van der Waals surface area (Å²) in [6.07, 6.45) is 0.569. The van der Waals surface area contributed by atoms with Crippen LogP contribution in [0, 0.1) is 0 Å². The van der Waals surface area contributed by atoms with Gasteiger partial charge in [-0.1, -0.05) is 18.2 Å². The SMILES string of the molecule is COc1ccc(S(=O)(=O)N2CCC3(NCCO3)c3ccccc32)cc1. The third kappa shape index (κ3) is 2.59. The van der Waals surface area contributed by atoms with Crippen LogP contribution in [0.1, 0.15) is 12.0 Å². The van der Waals surface area contributed by atoms with E-state index in [9.17, 15) is 8.42 Å². The van der Waals surface area contributed by atoms with Gasteiger partial charge in [0.2, 0.25) is 0 Å². The van der Waals surface area contributed by atoms with Crippen molar-refractivity contribution < 1.29 is 17.9 Å². The average molecular weight is 360 g/mol. The van der Waals surface area contributed by atoms with Crippen LogP contribution in [0.25, 0.3) is 0 Å². The predicted octanol–water partition coefficient (Wildman–Crippen LogP) is 2.07. The number of nitrogens with one attached hydrogen (secondary N) is 1. The summed E-state index contributed by atoms with van der Waals surface area (Å²) in [5.74, 6) is 0.625. The predicted molar refractivity (Wildman–Crippen MR) is 94.2 cm³/mol. The van der Waals surface area contributed by atoms with Gasteiger partial charge in [-0.15, -0.1) is 0 Å². The summed E-state index contributed by atoms with van der Waals surface area (Å²) in [5, 5.41) is 3.39. The van der Waals surface area contributed by atoms with Gasteiger partial charge in [-0.05, 0) is 30.3 Å². The number of para-hydroxylation sites is 1. The number of benzene rings is 2. The fourth-order valence-corrected chi connectivity index (χ4v) is 5.02. The first-order chi connectivity index (χ1) is 12.1. The van der Waals surface area contributed by atoms with E-state index in [4.69, 9.17) is 9.47 Å². The molecule has 0 aliphatic carbocycles. The molecule has 2 aliphatic rings. The van der Waals surface area contributed by atoms with Crippen molar-refractivity contribution in [3.8, 4) is 5.75 Å². The summed E-state index contributed by atoms with van der Waals surface area (Å²) in [6, 6.07) is 14.0. The largest absolute Gasteiger partial charge is 0.497 e. The van der Waals surface area contributed by atoms with Crippen LogP contribution in [0.15, 0.2) is 53.4 Å². The minimum atomic E-state index is -3.65. The molecule has 2 heterocycles. The van der Waals surface area contributed by atoms with Gasteiger partial charge in [-0.3, -0.25) is 9.62 Å². The van der Waals surface area contributed by atoms with Crippen LogP contribution in [0.5, 0.6) is 5.75 Å². The van der Waals surface area contributed by atoms with Gasteiger partial charge >= 0.3 is 0 Å². The van der Waals surface area contributed by atoms with Crippen LogP contribution in [0.3, 0.4) is 0 Å². The lowest BCUT2D eigenvalue weighted by atomic mass is 9.94. The molecule has 1 N–H and O–H groups in total. The van der Waals surface area contributed by atoms with Crippen LogP contribution in [-0.4, -0.2) is 35.2 Å². The highest BCUT2D eigenvalue weighted by atomic mass is 32.2. The monoisotopic (exact) mass is 360 g/mol. The third-order valence-corrected chi connectivity index (χ3v) is 6.61. The van der Waals surface area contributed by atoms with E-state index in [2.05, 4.69) is 5.32 Å². The number of hydrogen-bond donors (Lipinski definition) is 1. The van der Waals surface area contributed by atoms with Gasteiger partial charge in [-0.2, -0.15) is 0 Å². The van der Waals surface area contributed by atoms with E-state index in [1.54, 1.807) is 31.4 Å². The number of methoxy groups -OCH3 is 1. The molecule has 0 saturated carbocycles. The minimum Gasteiger partial charge on any atom is -0.497 e. The Morgan fingerprint density at radius 3 is 2.60 bits per heavy atom. The van der Waals surface area contributed by atoms with E-state index in [0.717, 1.165) is 12.1 Å². The van der Waals surface area contributed by atoms with Crippen molar-refractivity contribution >= 4 is 15.7 Å². The Labute approximate surface area is 147 Å². The molecule has 1 fully saturated rings. The van der Waals surface area contributed by atoms with Crippen LogP contribution >= 0.6 is 0 Å². The molecule has 4 rings (SSSR count). The summed E-state index contributed by atoms with van der Waals surface area (Å²) in [6.45, 7) is 1.75. The van der Waals surface area contributed by atoms with Crippen molar-refractivity contribution in [2.75, 3.05) is 31.1 Å². The molecule has 0 bridgehead atoms. The Balaban J connectivity index is 1.77. The van der Waals surface area contributed by atoms with Crippen LogP contribution in [-0.2, 0) is 20.5 Å². The highest BCUT2D eigenvalue weighted by Crippen LogP contribution is 2.42. The molecule has 0 radical (unpaired) electrons. The highest BCUT2D eigenvalue weighted by molar-refractivity contribution is 7.92. The van der Waals surface area contributed by atoms with Crippen molar-refractivity contribution in [3.05, 3.63) is 54.1 Å². The Morgan fingerprint density at radius 1 is 1.16 bits per heavy atom. The van der Waals surface area contributed by atoms with Crippen molar-refractivity contribution in [1.82, 2.24) is 5.32 Å². The maximum Gasteiger partial charge on any atom is 0.264 e. The van der Waals surface area contributed by atoms with Crippen LogP contribution < -0.4 is 14.4 Å². The van der Waals surface area contributed by atoms with Gasteiger partial charge in [0, 0.05) is 25.1 Å². The molecule has 2 aliphatic heterocycles. The third-order valence-electron chi connectivity index (χ3n) is 4.78. The number of fused-ring (bicyclic) bond motifs is 2. The molecule has 7 heteroatoms. The summed E-state index contributed by atoms with van der Waals surface area (Å²) >= 11 is 0. The van der Waals surface area contributed by atoms with E-state index in [0.29, 0.717) is 31.0 Å². The van der Waals surface area contributed by atoms with Crippen LogP contribution in [0.4, 0.5) is 5.69 Å². The molecular formula is C18H20N2O4S. The number of rotatable bonds is 3. The Bertz CT molecular complexity index is 874. The fourth-order valence-electron chi connectivity index (χ4n) is 3.53. The summed E-state index contributed by atoms with van der Waals surface area (Å²) in [4.78, 5) is 0.249. The first kappa shape index (κ1) is 16.4. The maximum absolute atomic E-state index is 13.2. The molecule has 1 saturated heterocycles. The first-order valence-corrected chi connectivity index (χ1v) is 9.66. The normalized spacial score (nSPS) is 22.8. The first-order valence-electron chi connectivity index (χ1n) is 8.22. The van der Waals surface area contributed by atoms with Gasteiger partial charge in [0.1, 0.15) is 11.5 Å². The Kier molecular flexibility index (Phi) is 3.94. The number of anilines is 1. The Hall–Kier alpha value is -2.09. The number of hydrogen-bond acceptors (Lipinski definition) is 5. The lowest BCUT2D eigenvalue weighted by Gasteiger charge is -2.40. The van der Waals surface area contributed by atoms with Gasteiger partial charge in [0.15, 0.2) is 0 Å². The maximum atomic E-state index is 13.2. The fraction of sp³-hybridized carbons (Fsp3) is 0.333. The van der Waals surface area contributed by atoms with Crippen molar-refractivity contribution in [2.45, 2.75) is 17.0 Å². The van der Waals surface area contributed by atoms with Crippen LogP contribution in [0.2, 0.25) is 0 Å². The van der Waals surface area contributed by atoms with Gasteiger partial charge in [-0.25, -0.2) is 8.42 Å². The van der Waals surface area contributed by atoms with Crippen molar-refractivity contribution in [2.24, 2.45) is 0 Å². The molecule has 1 unspecified atom stereocenters. The lowest BCUT2D eigenvalue weighted by molar-refractivity contribution is -0.0222. The van der Waals surface area contributed by atoms with Gasteiger partial charge < -0.3 is 9.47 Å². The second-order valence-corrected chi connectivity index (χ2v) is 7.98. The van der Waals surface area contributed by atoms with E-state index in [1.807, 2.05) is 24.3 Å². The summed E-state index contributed by atoms with van der Waals surface area (Å²) in [5.41, 5.74) is 0.956. The molecular weight excluding hydrogens is 340 g/mol. The number of sulfonamides is 1. The molecule has 2 aromatic carbocycles. The quantitative estimate of drug-likeness (QED) is 0.908. The second-order valence-electron chi connectivity index (χ2n) is 6.12. The molecule has 0 amide bonds. The van der Waals surface area contributed by atoms with E-state index >= 15 is 0 Å². The molecule has 0 aromatic heterocycles. The molecule has 25 heavy (non-hydrogen) atoms. The number of ether oxygens (including phenoxy) is 2. The lowest BCUT2D eigenvalue weighted by Crippen LogP contribution is -2.48. The second kappa shape index (κ2) is 6.01. The average Bonchev–Trinajstić information content (AvgIpc) is 3.11. The molecule has 1 spiro atoms. The zero-order chi connectivity index (χ0) is 17.5.